The van der Waals surface area contributed by atoms with Crippen molar-refractivity contribution in [1.29, 1.82) is 0 Å². The summed E-state index contributed by atoms with van der Waals surface area (Å²) in [6.07, 6.45) is 1.86. The van der Waals surface area contributed by atoms with Gasteiger partial charge in [0.1, 0.15) is 0 Å². The molecule has 1 unspecified atom stereocenters. The van der Waals surface area contributed by atoms with Crippen LogP contribution in [-0.2, 0) is 6.54 Å². The number of nitrogens with zero attached hydrogens (tertiary/aromatic N) is 3. The van der Waals surface area contributed by atoms with E-state index < -0.39 is 11.6 Å². The fourth-order valence-corrected chi connectivity index (χ4v) is 0.934. The third kappa shape index (κ3) is 2.53. The largest absolute Gasteiger partial charge is 0.476 e. The number of aromatic nitrogens is 3. The van der Waals surface area contributed by atoms with Crippen molar-refractivity contribution in [2.75, 3.05) is 0 Å². The lowest BCUT2D eigenvalue weighted by atomic mass is 10.0. The van der Waals surface area contributed by atoms with Crippen LogP contribution in [-0.4, -0.2) is 36.8 Å². The summed E-state index contributed by atoms with van der Waals surface area (Å²) >= 11 is 0. The Morgan fingerprint density at radius 1 is 1.71 bits per heavy atom. The highest BCUT2D eigenvalue weighted by Gasteiger charge is 2.19. The van der Waals surface area contributed by atoms with Gasteiger partial charge in [-0.25, -0.2) is 9.48 Å². The van der Waals surface area contributed by atoms with Crippen LogP contribution < -0.4 is 0 Å². The first-order chi connectivity index (χ1) is 6.44. The molecule has 1 atom stereocenters. The smallest absolute Gasteiger partial charge is 0.358 e. The molecule has 0 bridgehead atoms. The number of carboxylic acids is 1. The third-order valence-electron chi connectivity index (χ3n) is 2.02. The average Bonchev–Trinajstić information content (AvgIpc) is 2.52. The van der Waals surface area contributed by atoms with Crippen molar-refractivity contribution in [3.8, 4) is 0 Å². The van der Waals surface area contributed by atoms with E-state index in [2.05, 4.69) is 10.3 Å². The number of hydrogen-bond donors (Lipinski definition) is 2. The van der Waals surface area contributed by atoms with Gasteiger partial charge in [0.2, 0.25) is 0 Å². The summed E-state index contributed by atoms with van der Waals surface area (Å²) in [5.41, 5.74) is -0.999. The molecule has 0 radical (unpaired) electrons. The molecule has 0 aliphatic rings. The zero-order valence-electron chi connectivity index (χ0n) is 8.14. The number of carboxylic acid groups (broad SMARTS) is 1. The molecule has 0 saturated carbocycles. The van der Waals surface area contributed by atoms with Crippen LogP contribution in [0.4, 0.5) is 0 Å². The van der Waals surface area contributed by atoms with Crippen molar-refractivity contribution in [1.82, 2.24) is 15.0 Å². The van der Waals surface area contributed by atoms with Crippen LogP contribution >= 0.6 is 0 Å². The van der Waals surface area contributed by atoms with E-state index in [9.17, 15) is 9.90 Å². The molecule has 14 heavy (non-hydrogen) atoms. The maximum atomic E-state index is 10.5. The summed E-state index contributed by atoms with van der Waals surface area (Å²) in [7, 11) is 0. The molecule has 6 heteroatoms. The highest BCUT2D eigenvalue weighted by Crippen LogP contribution is 2.10. The fraction of sp³-hybridized carbons (Fsp3) is 0.625. The van der Waals surface area contributed by atoms with Gasteiger partial charge in [-0.15, -0.1) is 5.10 Å². The monoisotopic (exact) mass is 199 g/mol. The summed E-state index contributed by atoms with van der Waals surface area (Å²) in [4.78, 5) is 10.5. The topological polar surface area (TPSA) is 88.2 Å². The average molecular weight is 199 g/mol. The van der Waals surface area contributed by atoms with Gasteiger partial charge in [0, 0.05) is 0 Å². The maximum Gasteiger partial charge on any atom is 0.358 e. The zero-order chi connectivity index (χ0) is 10.8. The van der Waals surface area contributed by atoms with E-state index >= 15 is 0 Å². The predicted octanol–water partition coefficient (Wildman–Crippen LogP) is 0.137. The van der Waals surface area contributed by atoms with E-state index in [0.717, 1.165) is 0 Å². The van der Waals surface area contributed by atoms with Gasteiger partial charge < -0.3 is 10.2 Å². The van der Waals surface area contributed by atoms with E-state index in [-0.39, 0.29) is 12.2 Å². The SMILES string of the molecule is CCC(C)(O)Cn1cc(C(=O)O)nn1. The summed E-state index contributed by atoms with van der Waals surface area (Å²) in [6, 6.07) is 0. The normalized spacial score (nSPS) is 15.1. The Balaban J connectivity index is 2.73. The van der Waals surface area contributed by atoms with Crippen molar-refractivity contribution in [2.24, 2.45) is 0 Å². The molecule has 0 amide bonds. The lowest BCUT2D eigenvalue weighted by Crippen LogP contribution is -2.29. The fourth-order valence-electron chi connectivity index (χ4n) is 0.934. The summed E-state index contributed by atoms with van der Waals surface area (Å²) in [5.74, 6) is -1.12. The van der Waals surface area contributed by atoms with E-state index in [1.54, 1.807) is 6.92 Å². The number of hydrogen-bond acceptors (Lipinski definition) is 4. The highest BCUT2D eigenvalue weighted by molar-refractivity contribution is 5.84. The van der Waals surface area contributed by atoms with Gasteiger partial charge in [-0.05, 0) is 13.3 Å². The first-order valence-electron chi connectivity index (χ1n) is 4.30. The Bertz CT molecular complexity index is 332. The summed E-state index contributed by atoms with van der Waals surface area (Å²) < 4.78 is 1.33. The Hall–Kier alpha value is -1.43. The maximum absolute atomic E-state index is 10.5. The van der Waals surface area contributed by atoms with E-state index in [0.29, 0.717) is 6.42 Å². The molecule has 0 spiro atoms. The quantitative estimate of drug-likeness (QED) is 0.720. The summed E-state index contributed by atoms with van der Waals surface area (Å²) in [5, 5.41) is 25.3. The molecule has 0 aliphatic carbocycles. The van der Waals surface area contributed by atoms with E-state index in [1.165, 1.54) is 10.9 Å². The number of aliphatic hydroxyl groups is 1. The van der Waals surface area contributed by atoms with E-state index in [4.69, 9.17) is 5.11 Å². The Morgan fingerprint density at radius 2 is 2.36 bits per heavy atom. The second-order valence-corrected chi connectivity index (χ2v) is 3.46. The van der Waals surface area contributed by atoms with Gasteiger partial charge in [0.05, 0.1) is 18.3 Å². The van der Waals surface area contributed by atoms with Gasteiger partial charge >= 0.3 is 5.97 Å². The minimum absolute atomic E-state index is 0.114. The van der Waals surface area contributed by atoms with E-state index in [1.807, 2.05) is 6.92 Å². The molecular formula is C8H13N3O3. The Morgan fingerprint density at radius 3 is 2.79 bits per heavy atom. The van der Waals surface area contributed by atoms with Crippen LogP contribution in [0.3, 0.4) is 0 Å². The molecular weight excluding hydrogens is 186 g/mol. The second-order valence-electron chi connectivity index (χ2n) is 3.46. The number of rotatable bonds is 4. The van der Waals surface area contributed by atoms with Gasteiger partial charge in [-0.3, -0.25) is 0 Å². The lowest BCUT2D eigenvalue weighted by Gasteiger charge is -2.20. The Kier molecular flexibility index (Phi) is 2.85. The van der Waals surface area contributed by atoms with Crippen molar-refractivity contribution in [2.45, 2.75) is 32.4 Å². The van der Waals surface area contributed by atoms with Gasteiger partial charge in [-0.1, -0.05) is 12.1 Å². The van der Waals surface area contributed by atoms with Gasteiger partial charge in [-0.2, -0.15) is 0 Å². The first-order valence-corrected chi connectivity index (χ1v) is 4.30. The molecule has 78 valence electrons. The van der Waals surface area contributed by atoms with Crippen LogP contribution in [0, 0.1) is 0 Å². The van der Waals surface area contributed by atoms with Crippen LogP contribution in [0.5, 0.6) is 0 Å². The Labute approximate surface area is 81.2 Å². The minimum Gasteiger partial charge on any atom is -0.476 e. The second kappa shape index (κ2) is 3.75. The third-order valence-corrected chi connectivity index (χ3v) is 2.02. The molecule has 0 aromatic carbocycles. The van der Waals surface area contributed by atoms with Crippen molar-refractivity contribution >= 4 is 5.97 Å². The van der Waals surface area contributed by atoms with Crippen LogP contribution in [0.1, 0.15) is 30.8 Å². The molecule has 1 rings (SSSR count). The summed E-state index contributed by atoms with van der Waals surface area (Å²) in [6.45, 7) is 3.74. The molecule has 1 aromatic heterocycles. The molecule has 6 nitrogen and oxygen atoms in total. The van der Waals surface area contributed by atoms with Crippen molar-refractivity contribution in [3.05, 3.63) is 11.9 Å². The molecule has 2 N–H and O–H groups in total. The van der Waals surface area contributed by atoms with Crippen molar-refractivity contribution < 1.29 is 15.0 Å². The standard InChI is InChI=1S/C8H13N3O3/c1-3-8(2,14)5-11-4-6(7(12)13)9-10-11/h4,14H,3,5H2,1-2H3,(H,12,13). The molecule has 0 saturated heterocycles. The predicted molar refractivity (Wildman–Crippen MR) is 47.9 cm³/mol. The molecule has 1 aromatic rings. The number of aromatic carboxylic acids is 1. The first kappa shape index (κ1) is 10.6. The highest BCUT2D eigenvalue weighted by atomic mass is 16.4. The van der Waals surface area contributed by atoms with Crippen LogP contribution in [0.2, 0.25) is 0 Å². The zero-order valence-corrected chi connectivity index (χ0v) is 8.14. The number of carbonyl (C=O) groups is 1. The van der Waals surface area contributed by atoms with Crippen LogP contribution in [0.25, 0.3) is 0 Å². The van der Waals surface area contributed by atoms with Gasteiger partial charge in [0.15, 0.2) is 5.69 Å². The lowest BCUT2D eigenvalue weighted by molar-refractivity contribution is 0.0339. The minimum atomic E-state index is -1.12. The molecule has 1 heterocycles. The van der Waals surface area contributed by atoms with Gasteiger partial charge in [0.25, 0.3) is 0 Å². The van der Waals surface area contributed by atoms with Crippen LogP contribution in [0.15, 0.2) is 6.20 Å². The molecule has 0 aliphatic heterocycles. The van der Waals surface area contributed by atoms with Crippen molar-refractivity contribution in [3.63, 3.8) is 0 Å². The molecule has 0 fully saturated rings.